The van der Waals surface area contributed by atoms with Gasteiger partial charge in [-0.1, -0.05) is 6.92 Å². The van der Waals surface area contributed by atoms with Gasteiger partial charge in [-0.05, 0) is 25.6 Å². The average molecular weight is 292 g/mol. The normalized spacial score (nSPS) is 19.5. The zero-order chi connectivity index (χ0) is 15.6. The lowest BCUT2D eigenvalue weighted by atomic mass is 10.1. The third-order valence-electron chi connectivity index (χ3n) is 3.93. The minimum absolute atomic E-state index is 0.0701. The minimum atomic E-state index is -0.566. The number of carbonyl (C=O) groups is 1. The summed E-state index contributed by atoms with van der Waals surface area (Å²) in [5.74, 6) is -0.180. The summed E-state index contributed by atoms with van der Waals surface area (Å²) in [6, 6.07) is 4.50. The molecule has 1 aromatic rings. The second-order valence-electron chi connectivity index (χ2n) is 5.26. The van der Waals surface area contributed by atoms with Crippen molar-refractivity contribution in [3.8, 4) is 0 Å². The standard InChI is InChI=1S/C14H20N4O3/c1-3-16-6-7-17(9-10(16)2)14(19)11-4-5-12(15)13(8-11)18(20)21/h4-5,8,10H,3,6-7,9,15H2,1-2H3. The maximum Gasteiger partial charge on any atom is 0.292 e. The van der Waals surface area contributed by atoms with Crippen LogP contribution in [0.4, 0.5) is 11.4 Å². The van der Waals surface area contributed by atoms with E-state index in [1.165, 1.54) is 12.1 Å². The van der Waals surface area contributed by atoms with E-state index in [9.17, 15) is 14.9 Å². The van der Waals surface area contributed by atoms with Crippen molar-refractivity contribution in [2.24, 2.45) is 0 Å². The van der Waals surface area contributed by atoms with Crippen molar-refractivity contribution >= 4 is 17.3 Å². The Kier molecular flexibility index (Phi) is 4.42. The summed E-state index contributed by atoms with van der Waals surface area (Å²) in [5.41, 5.74) is 5.72. The van der Waals surface area contributed by atoms with Crippen LogP contribution in [0.15, 0.2) is 18.2 Å². The fourth-order valence-corrected chi connectivity index (χ4v) is 2.67. The molecule has 1 unspecified atom stereocenters. The first-order valence-corrected chi connectivity index (χ1v) is 7.01. The molecule has 1 heterocycles. The maximum absolute atomic E-state index is 12.5. The average Bonchev–Trinajstić information content (AvgIpc) is 2.46. The molecule has 1 atom stereocenters. The molecule has 2 rings (SSSR count). The first-order valence-electron chi connectivity index (χ1n) is 7.01. The third kappa shape index (κ3) is 3.13. The molecule has 0 radical (unpaired) electrons. The number of carbonyl (C=O) groups excluding carboxylic acids is 1. The predicted octanol–water partition coefficient (Wildman–Crippen LogP) is 1.34. The molecule has 7 heteroatoms. The summed E-state index contributed by atoms with van der Waals surface area (Å²) in [6.45, 7) is 7.21. The van der Waals surface area contributed by atoms with Gasteiger partial charge in [-0.15, -0.1) is 0 Å². The second kappa shape index (κ2) is 6.09. The highest BCUT2D eigenvalue weighted by Gasteiger charge is 2.27. The van der Waals surface area contributed by atoms with E-state index >= 15 is 0 Å². The molecular weight excluding hydrogens is 272 g/mol. The molecule has 2 N–H and O–H groups in total. The number of nitrogens with two attached hydrogens (primary N) is 1. The predicted molar refractivity (Wildman–Crippen MR) is 80.1 cm³/mol. The number of nitro benzene ring substituents is 1. The van der Waals surface area contributed by atoms with Gasteiger partial charge >= 0.3 is 0 Å². The van der Waals surface area contributed by atoms with Gasteiger partial charge in [-0.25, -0.2) is 0 Å². The van der Waals surface area contributed by atoms with E-state index in [2.05, 4.69) is 18.7 Å². The lowest BCUT2D eigenvalue weighted by Gasteiger charge is -2.39. The number of hydrogen-bond donors (Lipinski definition) is 1. The van der Waals surface area contributed by atoms with Gasteiger partial charge in [0.05, 0.1) is 4.92 Å². The van der Waals surface area contributed by atoms with Gasteiger partial charge in [0.1, 0.15) is 5.69 Å². The molecule has 21 heavy (non-hydrogen) atoms. The number of rotatable bonds is 3. The third-order valence-corrected chi connectivity index (χ3v) is 3.93. The van der Waals surface area contributed by atoms with E-state index in [4.69, 9.17) is 5.73 Å². The molecule has 1 fully saturated rings. The first kappa shape index (κ1) is 15.2. The van der Waals surface area contributed by atoms with Gasteiger partial charge in [0, 0.05) is 37.3 Å². The fourth-order valence-electron chi connectivity index (χ4n) is 2.67. The Bertz CT molecular complexity index is 561. The molecular formula is C14H20N4O3. The lowest BCUT2D eigenvalue weighted by Crippen LogP contribution is -2.53. The van der Waals surface area contributed by atoms with Gasteiger partial charge in [0.15, 0.2) is 0 Å². The van der Waals surface area contributed by atoms with Crippen LogP contribution in [0.2, 0.25) is 0 Å². The highest BCUT2D eigenvalue weighted by atomic mass is 16.6. The lowest BCUT2D eigenvalue weighted by molar-refractivity contribution is -0.383. The van der Waals surface area contributed by atoms with Crippen LogP contribution in [-0.4, -0.2) is 52.9 Å². The Morgan fingerprint density at radius 2 is 2.19 bits per heavy atom. The summed E-state index contributed by atoms with van der Waals surface area (Å²) in [5, 5.41) is 10.9. The highest BCUT2D eigenvalue weighted by Crippen LogP contribution is 2.23. The SMILES string of the molecule is CCN1CCN(C(=O)c2ccc(N)c([N+](=O)[O-])c2)CC1C. The van der Waals surface area contributed by atoms with Crippen molar-refractivity contribution in [3.63, 3.8) is 0 Å². The number of likely N-dealkylation sites (N-methyl/N-ethyl adjacent to an activating group) is 1. The van der Waals surface area contributed by atoms with Gasteiger partial charge in [0.2, 0.25) is 0 Å². The van der Waals surface area contributed by atoms with Gasteiger partial charge < -0.3 is 10.6 Å². The first-order chi connectivity index (χ1) is 9.93. The minimum Gasteiger partial charge on any atom is -0.393 e. The highest BCUT2D eigenvalue weighted by molar-refractivity contribution is 5.95. The second-order valence-corrected chi connectivity index (χ2v) is 5.26. The van der Waals surface area contributed by atoms with Crippen LogP contribution in [-0.2, 0) is 0 Å². The number of benzene rings is 1. The Morgan fingerprint density at radius 1 is 1.48 bits per heavy atom. The molecule has 1 saturated heterocycles. The van der Waals surface area contributed by atoms with Crippen molar-refractivity contribution in [3.05, 3.63) is 33.9 Å². The molecule has 1 aliphatic rings. The number of amides is 1. The van der Waals surface area contributed by atoms with Crippen LogP contribution in [0, 0.1) is 10.1 Å². The monoisotopic (exact) mass is 292 g/mol. The number of nitro groups is 1. The fraction of sp³-hybridized carbons (Fsp3) is 0.500. The number of nitrogens with zero attached hydrogens (tertiary/aromatic N) is 3. The Hall–Kier alpha value is -2.15. The molecule has 0 aromatic heterocycles. The Morgan fingerprint density at radius 3 is 2.76 bits per heavy atom. The van der Waals surface area contributed by atoms with E-state index in [0.717, 1.165) is 13.1 Å². The largest absolute Gasteiger partial charge is 0.393 e. The van der Waals surface area contributed by atoms with Crippen LogP contribution in [0.3, 0.4) is 0 Å². The van der Waals surface area contributed by atoms with Gasteiger partial charge in [-0.3, -0.25) is 19.8 Å². The Balaban J connectivity index is 2.17. The molecule has 0 saturated carbocycles. The van der Waals surface area contributed by atoms with Crippen molar-refractivity contribution in [1.29, 1.82) is 0 Å². The molecule has 114 valence electrons. The van der Waals surface area contributed by atoms with Crippen LogP contribution in [0.25, 0.3) is 0 Å². The van der Waals surface area contributed by atoms with Crippen LogP contribution in [0.5, 0.6) is 0 Å². The summed E-state index contributed by atoms with van der Waals surface area (Å²) >= 11 is 0. The molecule has 1 aromatic carbocycles. The van der Waals surface area contributed by atoms with Crippen LogP contribution < -0.4 is 5.73 Å². The zero-order valence-corrected chi connectivity index (χ0v) is 12.3. The van der Waals surface area contributed by atoms with E-state index < -0.39 is 4.92 Å². The maximum atomic E-state index is 12.5. The van der Waals surface area contributed by atoms with E-state index in [1.807, 2.05) is 0 Å². The summed E-state index contributed by atoms with van der Waals surface area (Å²) in [6.07, 6.45) is 0. The number of piperazine rings is 1. The molecule has 1 aliphatic heterocycles. The van der Waals surface area contributed by atoms with E-state index in [-0.39, 0.29) is 23.3 Å². The topological polar surface area (TPSA) is 92.7 Å². The van der Waals surface area contributed by atoms with E-state index in [1.54, 1.807) is 11.0 Å². The number of nitrogen functional groups attached to an aromatic ring is 1. The van der Waals surface area contributed by atoms with Crippen molar-refractivity contribution < 1.29 is 9.72 Å². The van der Waals surface area contributed by atoms with Crippen molar-refractivity contribution in [2.75, 3.05) is 31.9 Å². The summed E-state index contributed by atoms with van der Waals surface area (Å²) in [4.78, 5) is 26.8. The summed E-state index contributed by atoms with van der Waals surface area (Å²) < 4.78 is 0. The number of anilines is 1. The molecule has 0 spiro atoms. The molecule has 0 aliphatic carbocycles. The van der Waals surface area contributed by atoms with Crippen LogP contribution in [0.1, 0.15) is 24.2 Å². The van der Waals surface area contributed by atoms with Crippen molar-refractivity contribution in [2.45, 2.75) is 19.9 Å². The molecule has 1 amide bonds. The summed E-state index contributed by atoms with van der Waals surface area (Å²) in [7, 11) is 0. The molecule has 0 bridgehead atoms. The Labute approximate surface area is 123 Å². The van der Waals surface area contributed by atoms with Crippen LogP contribution >= 0.6 is 0 Å². The number of hydrogen-bond acceptors (Lipinski definition) is 5. The quantitative estimate of drug-likeness (QED) is 0.515. The zero-order valence-electron chi connectivity index (χ0n) is 12.3. The van der Waals surface area contributed by atoms with E-state index in [0.29, 0.717) is 18.7 Å². The van der Waals surface area contributed by atoms with Crippen molar-refractivity contribution in [1.82, 2.24) is 9.80 Å². The van der Waals surface area contributed by atoms with Gasteiger partial charge in [-0.2, -0.15) is 0 Å². The smallest absolute Gasteiger partial charge is 0.292 e. The molecule has 7 nitrogen and oxygen atoms in total. The van der Waals surface area contributed by atoms with Gasteiger partial charge in [0.25, 0.3) is 11.6 Å².